The van der Waals surface area contributed by atoms with E-state index in [9.17, 15) is 0 Å². The number of pyridine rings is 1. The van der Waals surface area contributed by atoms with E-state index in [0.717, 1.165) is 22.3 Å². The Kier molecular flexibility index (Phi) is 2.91. The lowest BCUT2D eigenvalue weighted by Gasteiger charge is -2.03. The molecular weight excluding hydrogens is 224 g/mol. The van der Waals surface area contributed by atoms with Crippen molar-refractivity contribution in [1.82, 2.24) is 4.98 Å². The summed E-state index contributed by atoms with van der Waals surface area (Å²) in [6.07, 6.45) is 0. The van der Waals surface area contributed by atoms with Gasteiger partial charge in [-0.15, -0.1) is 5.54 Å². The Bertz CT molecular complexity index is 615. The van der Waals surface area contributed by atoms with Gasteiger partial charge in [-0.1, -0.05) is 25.6 Å². The van der Waals surface area contributed by atoms with E-state index in [-0.39, 0.29) is 0 Å². The maximum Gasteiger partial charge on any atom is 0.129 e. The van der Waals surface area contributed by atoms with Crippen molar-refractivity contribution in [2.75, 3.05) is 5.73 Å². The van der Waals surface area contributed by atoms with E-state index in [0.29, 0.717) is 0 Å². The molecular formula is C14H16N2Si. The Morgan fingerprint density at radius 1 is 1.12 bits per heavy atom. The van der Waals surface area contributed by atoms with Gasteiger partial charge in [0.2, 0.25) is 0 Å². The fourth-order valence-electron chi connectivity index (χ4n) is 1.47. The Morgan fingerprint density at radius 3 is 2.59 bits per heavy atom. The van der Waals surface area contributed by atoms with Crippen LogP contribution in [0.25, 0.3) is 10.9 Å². The second-order valence-electron chi connectivity index (χ2n) is 5.15. The van der Waals surface area contributed by atoms with Crippen LogP contribution in [0.4, 0.5) is 5.69 Å². The average Bonchev–Trinajstić information content (AvgIpc) is 2.25. The molecule has 2 aromatic rings. The highest BCUT2D eigenvalue weighted by atomic mass is 28.3. The van der Waals surface area contributed by atoms with Crippen LogP contribution in [-0.4, -0.2) is 13.1 Å². The number of hydrogen-bond donors (Lipinski definition) is 1. The minimum atomic E-state index is -1.34. The molecule has 0 saturated carbocycles. The molecule has 2 nitrogen and oxygen atoms in total. The Labute approximate surface area is 103 Å². The fraction of sp³-hybridized carbons (Fsp3) is 0.214. The number of aromatic nitrogens is 1. The van der Waals surface area contributed by atoms with Crippen LogP contribution in [0, 0.1) is 11.5 Å². The van der Waals surface area contributed by atoms with Gasteiger partial charge in [0.15, 0.2) is 0 Å². The molecule has 3 heteroatoms. The number of rotatable bonds is 0. The summed E-state index contributed by atoms with van der Waals surface area (Å²) in [5.74, 6) is 3.16. The van der Waals surface area contributed by atoms with Crippen LogP contribution in [0.2, 0.25) is 19.6 Å². The van der Waals surface area contributed by atoms with Gasteiger partial charge in [0.05, 0.1) is 5.52 Å². The minimum Gasteiger partial charge on any atom is -0.399 e. The Morgan fingerprint density at radius 2 is 1.88 bits per heavy atom. The monoisotopic (exact) mass is 240 g/mol. The van der Waals surface area contributed by atoms with E-state index >= 15 is 0 Å². The lowest BCUT2D eigenvalue weighted by atomic mass is 10.2. The zero-order valence-corrected chi connectivity index (χ0v) is 11.4. The number of fused-ring (bicyclic) bond motifs is 1. The summed E-state index contributed by atoms with van der Waals surface area (Å²) in [4.78, 5) is 4.51. The number of nitrogen functional groups attached to an aromatic ring is 1. The van der Waals surface area contributed by atoms with Gasteiger partial charge in [0.1, 0.15) is 13.8 Å². The lowest BCUT2D eigenvalue weighted by Crippen LogP contribution is -2.16. The van der Waals surface area contributed by atoms with E-state index in [1.165, 1.54) is 0 Å². The minimum absolute atomic E-state index is 0.764. The molecule has 2 N–H and O–H groups in total. The van der Waals surface area contributed by atoms with Crippen LogP contribution in [-0.2, 0) is 0 Å². The largest absolute Gasteiger partial charge is 0.399 e. The Balaban J connectivity index is 2.44. The summed E-state index contributed by atoms with van der Waals surface area (Å²) in [7, 11) is -1.34. The van der Waals surface area contributed by atoms with Crippen LogP contribution in [0.5, 0.6) is 0 Å². The maximum absolute atomic E-state index is 5.73. The van der Waals surface area contributed by atoms with Crippen molar-refractivity contribution in [1.29, 1.82) is 0 Å². The van der Waals surface area contributed by atoms with Crippen molar-refractivity contribution in [2.45, 2.75) is 19.6 Å². The summed E-state index contributed by atoms with van der Waals surface area (Å²) >= 11 is 0. The molecule has 0 aliphatic rings. The lowest BCUT2D eigenvalue weighted by molar-refractivity contribution is 1.36. The number of nitrogens with two attached hydrogens (primary N) is 1. The van der Waals surface area contributed by atoms with Crippen molar-refractivity contribution in [3.63, 3.8) is 0 Å². The van der Waals surface area contributed by atoms with Crippen molar-refractivity contribution in [3.8, 4) is 11.5 Å². The predicted molar refractivity (Wildman–Crippen MR) is 76.4 cm³/mol. The van der Waals surface area contributed by atoms with E-state index < -0.39 is 8.07 Å². The third kappa shape index (κ3) is 3.08. The molecule has 0 bridgehead atoms. The fourth-order valence-corrected chi connectivity index (χ4v) is 1.97. The van der Waals surface area contributed by atoms with Crippen LogP contribution in [0.1, 0.15) is 5.69 Å². The first-order valence-corrected chi connectivity index (χ1v) is 9.13. The zero-order chi connectivity index (χ0) is 12.5. The van der Waals surface area contributed by atoms with Gasteiger partial charge >= 0.3 is 0 Å². The topological polar surface area (TPSA) is 38.9 Å². The quantitative estimate of drug-likeness (QED) is 0.437. The molecule has 0 spiro atoms. The van der Waals surface area contributed by atoms with Gasteiger partial charge in [0, 0.05) is 11.1 Å². The maximum atomic E-state index is 5.73. The third-order valence-corrected chi connectivity index (χ3v) is 3.15. The van der Waals surface area contributed by atoms with Gasteiger partial charge in [-0.25, -0.2) is 4.98 Å². The van der Waals surface area contributed by atoms with Gasteiger partial charge in [0.25, 0.3) is 0 Å². The van der Waals surface area contributed by atoms with Crippen molar-refractivity contribution < 1.29 is 0 Å². The first-order chi connectivity index (χ1) is 7.94. The van der Waals surface area contributed by atoms with Crippen LogP contribution >= 0.6 is 0 Å². The second kappa shape index (κ2) is 4.23. The van der Waals surface area contributed by atoms with E-state index in [1.807, 2.05) is 30.3 Å². The van der Waals surface area contributed by atoms with Crippen LogP contribution in [0.15, 0.2) is 30.3 Å². The molecule has 17 heavy (non-hydrogen) atoms. The molecule has 0 atom stereocenters. The molecule has 1 aromatic carbocycles. The molecule has 1 heterocycles. The highest BCUT2D eigenvalue weighted by molar-refractivity contribution is 6.83. The van der Waals surface area contributed by atoms with Crippen molar-refractivity contribution >= 4 is 24.7 Å². The van der Waals surface area contributed by atoms with Crippen LogP contribution < -0.4 is 5.73 Å². The molecule has 1 aromatic heterocycles. The smallest absolute Gasteiger partial charge is 0.129 e. The van der Waals surface area contributed by atoms with Gasteiger partial charge < -0.3 is 5.73 Å². The molecule has 0 saturated heterocycles. The summed E-state index contributed by atoms with van der Waals surface area (Å²) < 4.78 is 0. The number of nitrogens with zero attached hydrogens (tertiary/aromatic N) is 1. The van der Waals surface area contributed by atoms with E-state index in [1.54, 1.807) is 0 Å². The third-order valence-electron chi connectivity index (χ3n) is 2.28. The first-order valence-electron chi connectivity index (χ1n) is 5.63. The molecule has 0 radical (unpaired) electrons. The summed E-state index contributed by atoms with van der Waals surface area (Å²) in [6, 6.07) is 9.70. The van der Waals surface area contributed by atoms with Crippen molar-refractivity contribution in [3.05, 3.63) is 36.0 Å². The number of hydrogen-bond acceptors (Lipinski definition) is 2. The average molecular weight is 240 g/mol. The summed E-state index contributed by atoms with van der Waals surface area (Å²) in [6.45, 7) is 6.67. The van der Waals surface area contributed by atoms with Crippen LogP contribution in [0.3, 0.4) is 0 Å². The summed E-state index contributed by atoms with van der Waals surface area (Å²) in [5, 5.41) is 1.06. The van der Waals surface area contributed by atoms with E-state index in [2.05, 4.69) is 36.1 Å². The first kappa shape index (κ1) is 11.7. The molecule has 0 aliphatic heterocycles. The van der Waals surface area contributed by atoms with E-state index in [4.69, 9.17) is 5.73 Å². The van der Waals surface area contributed by atoms with Gasteiger partial charge in [-0.05, 0) is 30.3 Å². The highest BCUT2D eigenvalue weighted by Gasteiger charge is 2.07. The molecule has 86 valence electrons. The molecule has 0 aliphatic carbocycles. The summed E-state index contributed by atoms with van der Waals surface area (Å²) in [5.41, 5.74) is 11.6. The van der Waals surface area contributed by atoms with Crippen molar-refractivity contribution in [2.24, 2.45) is 0 Å². The number of anilines is 1. The molecule has 0 amide bonds. The molecule has 0 fully saturated rings. The van der Waals surface area contributed by atoms with Gasteiger partial charge in [-0.2, -0.15) is 0 Å². The standard InChI is InChI=1S/C14H16N2Si/c1-17(2,3)9-8-13-6-4-11-10-12(15)5-7-14(11)16-13/h4-7,10H,15H2,1-3H3. The molecule has 2 rings (SSSR count). The highest BCUT2D eigenvalue weighted by Crippen LogP contribution is 2.15. The number of benzene rings is 1. The zero-order valence-electron chi connectivity index (χ0n) is 10.4. The Hall–Kier alpha value is -1.79. The SMILES string of the molecule is C[Si](C)(C)C#Cc1ccc2cc(N)ccc2n1. The second-order valence-corrected chi connectivity index (χ2v) is 9.90. The normalized spacial score (nSPS) is 11.0. The predicted octanol–water partition coefficient (Wildman–Crippen LogP) is 3.05. The molecule has 0 unspecified atom stereocenters. The van der Waals surface area contributed by atoms with Gasteiger partial charge in [-0.3, -0.25) is 0 Å².